The molecule has 0 aliphatic heterocycles. The quantitative estimate of drug-likeness (QED) is 0.557. The zero-order valence-electron chi connectivity index (χ0n) is 15.9. The molecule has 1 N–H and O–H groups in total. The second kappa shape index (κ2) is 9.02. The highest BCUT2D eigenvalue weighted by Gasteiger charge is 2.25. The first-order chi connectivity index (χ1) is 12.9. The molecule has 7 heteroatoms. The summed E-state index contributed by atoms with van der Waals surface area (Å²) in [6.07, 6.45) is 0.930. The maximum Gasteiger partial charge on any atom is 0.286 e. The van der Waals surface area contributed by atoms with E-state index in [2.05, 4.69) is 12.2 Å². The summed E-state index contributed by atoms with van der Waals surface area (Å²) in [6, 6.07) is 10.1. The summed E-state index contributed by atoms with van der Waals surface area (Å²) in [6.45, 7) is 6.02. The molecular weight excluding hydrogens is 348 g/mol. The van der Waals surface area contributed by atoms with E-state index in [0.717, 1.165) is 12.0 Å². The second-order valence-electron chi connectivity index (χ2n) is 6.00. The van der Waals surface area contributed by atoms with Crippen LogP contribution in [0.5, 0.6) is 11.5 Å². The van der Waals surface area contributed by atoms with Crippen molar-refractivity contribution in [3.8, 4) is 11.5 Å². The number of carbonyl (C=O) groups excluding carboxylic acids is 1. The van der Waals surface area contributed by atoms with Crippen LogP contribution in [0, 0.1) is 10.1 Å². The maximum absolute atomic E-state index is 12.7. The molecule has 0 aliphatic carbocycles. The molecule has 0 saturated heterocycles. The zero-order valence-corrected chi connectivity index (χ0v) is 15.9. The number of nitro groups is 1. The molecule has 0 aliphatic rings. The first kappa shape index (κ1) is 20.2. The lowest BCUT2D eigenvalue weighted by Gasteiger charge is -2.16. The van der Waals surface area contributed by atoms with E-state index in [1.54, 1.807) is 6.92 Å². The number of methoxy groups -OCH3 is 1. The van der Waals surface area contributed by atoms with Crippen LogP contribution < -0.4 is 14.8 Å². The molecule has 1 unspecified atom stereocenters. The molecule has 1 atom stereocenters. The summed E-state index contributed by atoms with van der Waals surface area (Å²) >= 11 is 0. The lowest BCUT2D eigenvalue weighted by Crippen LogP contribution is -2.27. The molecule has 1 amide bonds. The maximum atomic E-state index is 12.7. The van der Waals surface area contributed by atoms with Crippen molar-refractivity contribution in [1.82, 2.24) is 5.32 Å². The SMILES string of the molecule is CCOc1cc(C(=O)NC(C)c2ccc(CC)cc2)c([N+](=O)[O-])cc1OC. The monoisotopic (exact) mass is 372 g/mol. The molecule has 0 aromatic heterocycles. The smallest absolute Gasteiger partial charge is 0.286 e. The largest absolute Gasteiger partial charge is 0.493 e. The Labute approximate surface area is 158 Å². The van der Waals surface area contributed by atoms with Gasteiger partial charge in [-0.1, -0.05) is 31.2 Å². The first-order valence-electron chi connectivity index (χ1n) is 8.80. The van der Waals surface area contributed by atoms with Crippen molar-refractivity contribution in [3.63, 3.8) is 0 Å². The van der Waals surface area contributed by atoms with Gasteiger partial charge in [0.25, 0.3) is 11.6 Å². The Kier molecular flexibility index (Phi) is 6.76. The molecule has 0 spiro atoms. The van der Waals surface area contributed by atoms with E-state index in [1.807, 2.05) is 31.2 Å². The minimum absolute atomic E-state index is 0.0683. The van der Waals surface area contributed by atoms with Gasteiger partial charge in [-0.05, 0) is 31.4 Å². The third-order valence-electron chi connectivity index (χ3n) is 4.26. The standard InChI is InChI=1S/C20H24N2O5/c1-5-14-7-9-15(10-8-14)13(3)21-20(23)16-11-19(27-6-2)18(26-4)12-17(16)22(24)25/h7-13H,5-6H2,1-4H3,(H,21,23). The van der Waals surface area contributed by atoms with Crippen molar-refractivity contribution in [3.05, 3.63) is 63.2 Å². The second-order valence-corrected chi connectivity index (χ2v) is 6.00. The van der Waals surface area contributed by atoms with Gasteiger partial charge in [-0.2, -0.15) is 0 Å². The van der Waals surface area contributed by atoms with Gasteiger partial charge in [-0.15, -0.1) is 0 Å². The molecular formula is C20H24N2O5. The number of hydrogen-bond donors (Lipinski definition) is 1. The van der Waals surface area contributed by atoms with E-state index in [4.69, 9.17) is 9.47 Å². The number of rotatable bonds is 8. The Morgan fingerprint density at radius 1 is 1.19 bits per heavy atom. The molecule has 27 heavy (non-hydrogen) atoms. The summed E-state index contributed by atoms with van der Waals surface area (Å²) in [4.78, 5) is 23.5. The number of nitro benzene ring substituents is 1. The van der Waals surface area contributed by atoms with Gasteiger partial charge in [0.15, 0.2) is 11.5 Å². The van der Waals surface area contributed by atoms with Crippen LogP contribution in [-0.2, 0) is 6.42 Å². The highest BCUT2D eigenvalue weighted by molar-refractivity contribution is 5.99. The summed E-state index contributed by atoms with van der Waals surface area (Å²) in [5, 5.41) is 14.2. The average Bonchev–Trinajstić information content (AvgIpc) is 2.67. The van der Waals surface area contributed by atoms with E-state index < -0.39 is 10.8 Å². The van der Waals surface area contributed by atoms with Crippen molar-refractivity contribution >= 4 is 11.6 Å². The van der Waals surface area contributed by atoms with Crippen LogP contribution in [0.2, 0.25) is 0 Å². The topological polar surface area (TPSA) is 90.7 Å². The Bertz CT molecular complexity index is 818. The van der Waals surface area contributed by atoms with Crippen LogP contribution in [0.3, 0.4) is 0 Å². The molecule has 0 heterocycles. The van der Waals surface area contributed by atoms with Gasteiger partial charge >= 0.3 is 0 Å². The molecule has 144 valence electrons. The van der Waals surface area contributed by atoms with Gasteiger partial charge in [0.2, 0.25) is 0 Å². The molecule has 7 nitrogen and oxygen atoms in total. The number of ether oxygens (including phenoxy) is 2. The van der Waals surface area contributed by atoms with Crippen molar-refractivity contribution in [2.45, 2.75) is 33.2 Å². The summed E-state index contributed by atoms with van der Waals surface area (Å²) < 4.78 is 10.6. The van der Waals surface area contributed by atoms with Gasteiger partial charge in [-0.25, -0.2) is 0 Å². The Morgan fingerprint density at radius 2 is 1.85 bits per heavy atom. The van der Waals surface area contributed by atoms with E-state index in [1.165, 1.54) is 24.8 Å². The van der Waals surface area contributed by atoms with Crippen LogP contribution in [0.25, 0.3) is 0 Å². The van der Waals surface area contributed by atoms with E-state index >= 15 is 0 Å². The van der Waals surface area contributed by atoms with Gasteiger partial charge in [-0.3, -0.25) is 14.9 Å². The first-order valence-corrected chi connectivity index (χ1v) is 8.80. The number of nitrogens with zero attached hydrogens (tertiary/aromatic N) is 1. The van der Waals surface area contributed by atoms with Crippen molar-refractivity contribution < 1.29 is 19.2 Å². The highest BCUT2D eigenvalue weighted by atomic mass is 16.6. The van der Waals surface area contributed by atoms with E-state index in [9.17, 15) is 14.9 Å². The summed E-state index contributed by atoms with van der Waals surface area (Å²) in [7, 11) is 1.39. The fraction of sp³-hybridized carbons (Fsp3) is 0.350. The van der Waals surface area contributed by atoms with Crippen LogP contribution >= 0.6 is 0 Å². The highest BCUT2D eigenvalue weighted by Crippen LogP contribution is 2.35. The third kappa shape index (κ3) is 4.75. The zero-order chi connectivity index (χ0) is 20.0. The van der Waals surface area contributed by atoms with Crippen molar-refractivity contribution in [1.29, 1.82) is 0 Å². The predicted octanol–water partition coefficient (Wildman–Crippen LogP) is 4.06. The molecule has 0 radical (unpaired) electrons. The van der Waals surface area contributed by atoms with Crippen LogP contribution in [0.4, 0.5) is 5.69 Å². The Hall–Kier alpha value is -3.09. The van der Waals surface area contributed by atoms with E-state index in [-0.39, 0.29) is 28.8 Å². The molecule has 2 aromatic carbocycles. The molecule has 0 fully saturated rings. The number of benzene rings is 2. The summed E-state index contributed by atoms with van der Waals surface area (Å²) in [5.74, 6) is -0.0450. The van der Waals surface area contributed by atoms with Crippen molar-refractivity contribution in [2.75, 3.05) is 13.7 Å². The Balaban J connectivity index is 2.32. The fourth-order valence-electron chi connectivity index (χ4n) is 2.71. The van der Waals surface area contributed by atoms with Gasteiger partial charge in [0.1, 0.15) is 5.56 Å². The summed E-state index contributed by atoms with van der Waals surface area (Å²) in [5.41, 5.74) is 1.72. The number of nitrogens with one attached hydrogen (secondary N) is 1. The Morgan fingerprint density at radius 3 is 2.37 bits per heavy atom. The fourth-order valence-corrected chi connectivity index (χ4v) is 2.71. The minimum atomic E-state index is -0.603. The van der Waals surface area contributed by atoms with Gasteiger partial charge in [0, 0.05) is 6.07 Å². The number of aryl methyl sites for hydroxylation is 1. The third-order valence-corrected chi connectivity index (χ3v) is 4.26. The van der Waals surface area contributed by atoms with Crippen molar-refractivity contribution in [2.24, 2.45) is 0 Å². The van der Waals surface area contributed by atoms with E-state index in [0.29, 0.717) is 6.61 Å². The van der Waals surface area contributed by atoms with Crippen LogP contribution in [0.1, 0.15) is 48.3 Å². The molecule has 2 aromatic rings. The van der Waals surface area contributed by atoms with Gasteiger partial charge < -0.3 is 14.8 Å². The lowest BCUT2D eigenvalue weighted by molar-refractivity contribution is -0.385. The molecule has 0 bridgehead atoms. The lowest BCUT2D eigenvalue weighted by atomic mass is 10.0. The number of hydrogen-bond acceptors (Lipinski definition) is 5. The minimum Gasteiger partial charge on any atom is -0.493 e. The average molecular weight is 372 g/mol. The van der Waals surface area contributed by atoms with Crippen LogP contribution in [0.15, 0.2) is 36.4 Å². The molecule has 0 saturated carbocycles. The number of amides is 1. The van der Waals surface area contributed by atoms with Gasteiger partial charge in [0.05, 0.1) is 30.7 Å². The number of carbonyl (C=O) groups is 1. The molecule has 2 rings (SSSR count). The van der Waals surface area contributed by atoms with Crippen LogP contribution in [-0.4, -0.2) is 24.5 Å². The normalized spacial score (nSPS) is 11.6. The predicted molar refractivity (Wildman–Crippen MR) is 103 cm³/mol.